The van der Waals surface area contributed by atoms with Crippen LogP contribution in [0.3, 0.4) is 0 Å². The van der Waals surface area contributed by atoms with E-state index in [2.05, 4.69) is 54.9 Å². The van der Waals surface area contributed by atoms with Crippen LogP contribution < -0.4 is 0 Å². The molecule has 2 rings (SSSR count). The highest BCUT2D eigenvalue weighted by molar-refractivity contribution is 5.15. The van der Waals surface area contributed by atoms with Crippen LogP contribution in [0.4, 0.5) is 0 Å². The molecule has 252 valence electrons. The molecule has 0 bridgehead atoms. The van der Waals surface area contributed by atoms with Crippen molar-refractivity contribution in [3.05, 3.63) is 53.6 Å². The SMILES string of the molecule is CCCCCCCCCCCCCCCCCCc1nc(CCCc2ccccc2)cn1CCCCCCCCCCCC. The molecular formula is C42H74N2. The van der Waals surface area contributed by atoms with Gasteiger partial charge in [-0.15, -0.1) is 0 Å². The van der Waals surface area contributed by atoms with Crippen LogP contribution in [0.2, 0.25) is 0 Å². The zero-order valence-electron chi connectivity index (χ0n) is 29.8. The molecule has 0 aliphatic carbocycles. The van der Waals surface area contributed by atoms with Gasteiger partial charge in [-0.2, -0.15) is 0 Å². The van der Waals surface area contributed by atoms with E-state index in [4.69, 9.17) is 4.98 Å². The second-order valence-electron chi connectivity index (χ2n) is 13.9. The fraction of sp³-hybridized carbons (Fsp3) is 0.786. The molecule has 0 fully saturated rings. The normalized spacial score (nSPS) is 11.5. The third-order valence-corrected chi connectivity index (χ3v) is 9.66. The van der Waals surface area contributed by atoms with Gasteiger partial charge in [0.2, 0.25) is 0 Å². The summed E-state index contributed by atoms with van der Waals surface area (Å²) in [6, 6.07) is 10.9. The van der Waals surface area contributed by atoms with Crippen molar-refractivity contribution < 1.29 is 0 Å². The first kappa shape index (κ1) is 38.6. The van der Waals surface area contributed by atoms with Crippen LogP contribution in [0.5, 0.6) is 0 Å². The Labute approximate surface area is 275 Å². The van der Waals surface area contributed by atoms with E-state index in [0.29, 0.717) is 0 Å². The molecule has 0 aliphatic heterocycles. The van der Waals surface area contributed by atoms with Gasteiger partial charge in [-0.05, 0) is 37.7 Å². The number of aryl methyl sites for hydroxylation is 4. The minimum absolute atomic E-state index is 1.10. The molecular weight excluding hydrogens is 532 g/mol. The molecule has 0 unspecified atom stereocenters. The molecule has 1 aromatic carbocycles. The summed E-state index contributed by atoms with van der Waals surface area (Å²) in [7, 11) is 0. The topological polar surface area (TPSA) is 17.8 Å². The molecule has 2 aromatic rings. The van der Waals surface area contributed by atoms with Crippen molar-refractivity contribution in [3.63, 3.8) is 0 Å². The summed E-state index contributed by atoms with van der Waals surface area (Å²) in [5.41, 5.74) is 2.77. The van der Waals surface area contributed by atoms with Gasteiger partial charge < -0.3 is 4.57 Å². The first-order valence-corrected chi connectivity index (χ1v) is 19.9. The number of nitrogens with zero attached hydrogens (tertiary/aromatic N) is 2. The van der Waals surface area contributed by atoms with Crippen LogP contribution >= 0.6 is 0 Å². The number of benzene rings is 1. The Kier molecular flexibility index (Phi) is 25.3. The maximum atomic E-state index is 5.18. The molecule has 0 N–H and O–H groups in total. The molecule has 0 spiro atoms. The van der Waals surface area contributed by atoms with E-state index < -0.39 is 0 Å². The molecule has 0 amide bonds. The van der Waals surface area contributed by atoms with Crippen molar-refractivity contribution in [2.45, 2.75) is 213 Å². The average molecular weight is 607 g/mol. The van der Waals surface area contributed by atoms with Gasteiger partial charge in [0.15, 0.2) is 0 Å². The van der Waals surface area contributed by atoms with Gasteiger partial charge in [0, 0.05) is 19.2 Å². The number of rotatable bonds is 32. The zero-order valence-corrected chi connectivity index (χ0v) is 29.8. The van der Waals surface area contributed by atoms with Crippen LogP contribution in [0.25, 0.3) is 0 Å². The third kappa shape index (κ3) is 21.2. The quantitative estimate of drug-likeness (QED) is 0.0757. The van der Waals surface area contributed by atoms with Gasteiger partial charge in [0.05, 0.1) is 5.69 Å². The number of unbranched alkanes of at least 4 members (excludes halogenated alkanes) is 24. The minimum atomic E-state index is 1.10. The highest BCUT2D eigenvalue weighted by Crippen LogP contribution is 2.17. The molecule has 0 saturated carbocycles. The molecule has 2 heteroatoms. The Morgan fingerprint density at radius 1 is 0.432 bits per heavy atom. The molecule has 44 heavy (non-hydrogen) atoms. The first-order valence-electron chi connectivity index (χ1n) is 19.9. The molecule has 0 saturated heterocycles. The monoisotopic (exact) mass is 607 g/mol. The summed E-state index contributed by atoms with van der Waals surface area (Å²) in [4.78, 5) is 5.18. The van der Waals surface area contributed by atoms with Crippen LogP contribution in [0.1, 0.15) is 204 Å². The summed E-state index contributed by atoms with van der Waals surface area (Å²) < 4.78 is 2.54. The Morgan fingerprint density at radius 3 is 1.34 bits per heavy atom. The maximum absolute atomic E-state index is 5.18. The molecule has 1 aromatic heterocycles. The van der Waals surface area contributed by atoms with Gasteiger partial charge in [-0.3, -0.25) is 0 Å². The molecule has 0 atom stereocenters. The molecule has 0 radical (unpaired) electrons. The average Bonchev–Trinajstić information content (AvgIpc) is 3.43. The van der Waals surface area contributed by atoms with Crippen LogP contribution in [0, 0.1) is 0 Å². The number of hydrogen-bond acceptors (Lipinski definition) is 1. The Morgan fingerprint density at radius 2 is 0.864 bits per heavy atom. The fourth-order valence-electron chi connectivity index (χ4n) is 6.75. The largest absolute Gasteiger partial charge is 0.335 e. The van der Waals surface area contributed by atoms with E-state index in [-0.39, 0.29) is 0 Å². The predicted octanol–water partition coefficient (Wildman–Crippen LogP) is 13.8. The minimum Gasteiger partial charge on any atom is -0.335 e. The molecule has 1 heterocycles. The maximum Gasteiger partial charge on any atom is 0.108 e. The lowest BCUT2D eigenvalue weighted by Crippen LogP contribution is -2.03. The van der Waals surface area contributed by atoms with E-state index >= 15 is 0 Å². The van der Waals surface area contributed by atoms with E-state index in [1.165, 1.54) is 190 Å². The van der Waals surface area contributed by atoms with Gasteiger partial charge in [0.1, 0.15) is 5.82 Å². The van der Waals surface area contributed by atoms with Crippen molar-refractivity contribution in [2.24, 2.45) is 0 Å². The standard InChI is InChI=1S/C42H74N2/c1-3-5-7-9-11-13-15-16-17-18-19-20-21-23-25-30-37-42-43-41(36-32-35-40-33-28-27-29-34-40)39-44(42)38-31-26-24-22-14-12-10-8-6-4-2/h27-29,33-34,39H,3-26,30-32,35-38H2,1-2H3. The van der Waals surface area contributed by atoms with Crippen molar-refractivity contribution in [1.82, 2.24) is 9.55 Å². The van der Waals surface area contributed by atoms with Crippen LogP contribution in [-0.2, 0) is 25.8 Å². The highest BCUT2D eigenvalue weighted by Gasteiger charge is 2.09. The van der Waals surface area contributed by atoms with Crippen LogP contribution in [0.15, 0.2) is 36.5 Å². The molecule has 0 aliphatic rings. The lowest BCUT2D eigenvalue weighted by atomic mass is 10.0. The van der Waals surface area contributed by atoms with E-state index in [0.717, 1.165) is 25.8 Å². The van der Waals surface area contributed by atoms with E-state index in [9.17, 15) is 0 Å². The predicted molar refractivity (Wildman–Crippen MR) is 196 cm³/mol. The summed E-state index contributed by atoms with van der Waals surface area (Å²) in [5, 5.41) is 0. The summed E-state index contributed by atoms with van der Waals surface area (Å²) in [6.07, 6.45) is 43.9. The van der Waals surface area contributed by atoms with Crippen molar-refractivity contribution in [3.8, 4) is 0 Å². The van der Waals surface area contributed by atoms with Gasteiger partial charge >= 0.3 is 0 Å². The Hall–Kier alpha value is -1.57. The van der Waals surface area contributed by atoms with Crippen molar-refractivity contribution in [2.75, 3.05) is 0 Å². The van der Waals surface area contributed by atoms with Gasteiger partial charge in [0.25, 0.3) is 0 Å². The summed E-state index contributed by atoms with van der Waals surface area (Å²) in [5.74, 6) is 1.36. The van der Waals surface area contributed by atoms with E-state index in [1.807, 2.05) is 0 Å². The van der Waals surface area contributed by atoms with Crippen molar-refractivity contribution >= 4 is 0 Å². The second kappa shape index (κ2) is 28.9. The fourth-order valence-corrected chi connectivity index (χ4v) is 6.75. The van der Waals surface area contributed by atoms with Crippen molar-refractivity contribution in [1.29, 1.82) is 0 Å². The number of imidazole rings is 1. The lowest BCUT2D eigenvalue weighted by Gasteiger charge is -2.08. The summed E-state index contributed by atoms with van der Waals surface area (Å²) >= 11 is 0. The van der Waals surface area contributed by atoms with Crippen LogP contribution in [-0.4, -0.2) is 9.55 Å². The first-order chi connectivity index (χ1) is 21.8. The Bertz CT molecular complexity index is 854. The second-order valence-corrected chi connectivity index (χ2v) is 13.9. The van der Waals surface area contributed by atoms with Gasteiger partial charge in [-0.25, -0.2) is 4.98 Å². The smallest absolute Gasteiger partial charge is 0.108 e. The number of hydrogen-bond donors (Lipinski definition) is 0. The van der Waals surface area contributed by atoms with E-state index in [1.54, 1.807) is 0 Å². The van der Waals surface area contributed by atoms with Gasteiger partial charge in [-0.1, -0.05) is 198 Å². The number of aromatic nitrogens is 2. The highest BCUT2D eigenvalue weighted by atomic mass is 15.1. The zero-order chi connectivity index (χ0) is 31.2. The Balaban J connectivity index is 1.58. The lowest BCUT2D eigenvalue weighted by molar-refractivity contribution is 0.518. The third-order valence-electron chi connectivity index (χ3n) is 9.66. The molecule has 2 nitrogen and oxygen atoms in total. The summed E-state index contributed by atoms with van der Waals surface area (Å²) in [6.45, 7) is 5.78.